The second-order valence-corrected chi connectivity index (χ2v) is 6.97. The zero-order chi connectivity index (χ0) is 18.6. The van der Waals surface area contributed by atoms with E-state index in [4.69, 9.17) is 5.11 Å². The van der Waals surface area contributed by atoms with Crippen molar-refractivity contribution in [2.45, 2.75) is 6.54 Å². The van der Waals surface area contributed by atoms with Gasteiger partial charge >= 0.3 is 0 Å². The highest BCUT2D eigenvalue weighted by Crippen LogP contribution is 2.18. The van der Waals surface area contributed by atoms with Gasteiger partial charge in [0.1, 0.15) is 5.82 Å². The fraction of sp³-hybridized carbons (Fsp3) is 0.333. The topological polar surface area (TPSA) is 72.5 Å². The molecule has 0 spiro atoms. The third-order valence-electron chi connectivity index (χ3n) is 5.11. The zero-order valence-corrected chi connectivity index (χ0v) is 15.3. The van der Waals surface area contributed by atoms with Gasteiger partial charge in [0.15, 0.2) is 0 Å². The first-order valence-corrected chi connectivity index (χ1v) is 9.37. The summed E-state index contributed by atoms with van der Waals surface area (Å²) in [4.78, 5) is 24.7. The molecule has 0 amide bonds. The molecule has 4 rings (SSSR count). The van der Waals surface area contributed by atoms with Gasteiger partial charge < -0.3 is 10.1 Å². The Balaban J connectivity index is 1.56. The number of hydrogen-bond acceptors (Lipinski definition) is 5. The van der Waals surface area contributed by atoms with E-state index >= 15 is 0 Å². The molecular weight excluding hydrogens is 340 g/mol. The van der Waals surface area contributed by atoms with Crippen LogP contribution in [0.5, 0.6) is 0 Å². The monoisotopic (exact) mass is 364 g/mol. The fourth-order valence-electron chi connectivity index (χ4n) is 3.59. The number of benzene rings is 2. The maximum atomic E-state index is 12.4. The van der Waals surface area contributed by atoms with Gasteiger partial charge in [0.25, 0.3) is 5.56 Å². The van der Waals surface area contributed by atoms with Crippen molar-refractivity contribution in [1.82, 2.24) is 19.8 Å². The van der Waals surface area contributed by atoms with E-state index in [2.05, 4.69) is 19.8 Å². The molecule has 1 aromatic heterocycles. The Labute approximate surface area is 158 Å². The number of hydrogen-bond donors (Lipinski definition) is 2. The van der Waals surface area contributed by atoms with Gasteiger partial charge in [-0.15, -0.1) is 0 Å². The van der Waals surface area contributed by atoms with Gasteiger partial charge in [-0.3, -0.25) is 14.6 Å². The number of piperazine rings is 1. The Kier molecular flexibility index (Phi) is 5.29. The minimum absolute atomic E-state index is 0.108. The van der Waals surface area contributed by atoms with Crippen LogP contribution in [-0.2, 0) is 6.54 Å². The molecule has 6 nitrogen and oxygen atoms in total. The molecule has 27 heavy (non-hydrogen) atoms. The van der Waals surface area contributed by atoms with Crippen molar-refractivity contribution < 1.29 is 5.11 Å². The van der Waals surface area contributed by atoms with Gasteiger partial charge in [-0.1, -0.05) is 36.4 Å². The molecule has 1 aliphatic rings. The maximum absolute atomic E-state index is 12.4. The molecule has 1 fully saturated rings. The smallest absolute Gasteiger partial charge is 0.259 e. The van der Waals surface area contributed by atoms with Crippen molar-refractivity contribution in [2.24, 2.45) is 0 Å². The Hall–Kier alpha value is -2.54. The van der Waals surface area contributed by atoms with Crippen LogP contribution < -0.4 is 5.56 Å². The summed E-state index contributed by atoms with van der Waals surface area (Å²) < 4.78 is 0. The van der Waals surface area contributed by atoms with E-state index in [0.29, 0.717) is 11.2 Å². The van der Waals surface area contributed by atoms with Crippen LogP contribution >= 0.6 is 0 Å². The number of rotatable bonds is 5. The van der Waals surface area contributed by atoms with Crippen LogP contribution in [0.25, 0.3) is 22.3 Å². The predicted octanol–water partition coefficient (Wildman–Crippen LogP) is 1.70. The van der Waals surface area contributed by atoms with Crippen LogP contribution in [0.2, 0.25) is 0 Å². The molecule has 0 atom stereocenters. The minimum Gasteiger partial charge on any atom is -0.395 e. The molecule has 1 saturated heterocycles. The average molecular weight is 364 g/mol. The second kappa shape index (κ2) is 8.00. The number of nitrogens with zero attached hydrogens (tertiary/aromatic N) is 3. The van der Waals surface area contributed by atoms with E-state index in [1.54, 1.807) is 0 Å². The van der Waals surface area contributed by atoms with Crippen LogP contribution in [0.15, 0.2) is 53.3 Å². The summed E-state index contributed by atoms with van der Waals surface area (Å²) in [6.07, 6.45) is 0. The van der Waals surface area contributed by atoms with E-state index in [-0.39, 0.29) is 12.2 Å². The van der Waals surface area contributed by atoms with E-state index in [9.17, 15) is 4.79 Å². The first-order valence-electron chi connectivity index (χ1n) is 9.37. The van der Waals surface area contributed by atoms with Crippen molar-refractivity contribution in [1.29, 1.82) is 0 Å². The van der Waals surface area contributed by atoms with Crippen LogP contribution in [0, 0.1) is 0 Å². The molecule has 0 aliphatic carbocycles. The lowest BCUT2D eigenvalue weighted by atomic mass is 10.1. The molecule has 6 heteroatoms. The molecule has 2 N–H and O–H groups in total. The van der Waals surface area contributed by atoms with Gasteiger partial charge in [-0.2, -0.15) is 0 Å². The lowest BCUT2D eigenvalue weighted by Gasteiger charge is -2.34. The SMILES string of the molecule is O=c1[nH]c(-c2ccccc2)nc2cc(CN3CCN(CCO)CC3)ccc12. The minimum atomic E-state index is -0.108. The summed E-state index contributed by atoms with van der Waals surface area (Å²) in [6.45, 7) is 5.73. The third kappa shape index (κ3) is 4.08. The third-order valence-corrected chi connectivity index (χ3v) is 5.11. The van der Waals surface area contributed by atoms with Gasteiger partial charge in [0.05, 0.1) is 17.5 Å². The molecule has 3 aromatic rings. The van der Waals surface area contributed by atoms with Gasteiger partial charge in [-0.25, -0.2) is 4.98 Å². The van der Waals surface area contributed by atoms with Gasteiger partial charge in [0, 0.05) is 44.8 Å². The highest BCUT2D eigenvalue weighted by molar-refractivity contribution is 5.80. The summed E-state index contributed by atoms with van der Waals surface area (Å²) in [5.41, 5.74) is 2.69. The van der Waals surface area contributed by atoms with Crippen LogP contribution in [-0.4, -0.2) is 64.2 Å². The van der Waals surface area contributed by atoms with Crippen molar-refractivity contribution in [3.8, 4) is 11.4 Å². The fourth-order valence-corrected chi connectivity index (χ4v) is 3.59. The molecular formula is C21H24N4O2. The van der Waals surface area contributed by atoms with E-state index < -0.39 is 0 Å². The Morgan fingerprint density at radius 1 is 1.00 bits per heavy atom. The number of aliphatic hydroxyl groups is 1. The first kappa shape index (κ1) is 17.9. The second-order valence-electron chi connectivity index (χ2n) is 6.97. The summed E-state index contributed by atoms with van der Waals surface area (Å²) in [5, 5.41) is 9.67. The number of aromatic nitrogens is 2. The lowest BCUT2D eigenvalue weighted by molar-refractivity contribution is 0.108. The molecule has 0 unspecified atom stereocenters. The highest BCUT2D eigenvalue weighted by atomic mass is 16.3. The van der Waals surface area contributed by atoms with Crippen molar-refractivity contribution in [2.75, 3.05) is 39.3 Å². The van der Waals surface area contributed by atoms with Crippen LogP contribution in [0.1, 0.15) is 5.56 Å². The van der Waals surface area contributed by atoms with Crippen molar-refractivity contribution in [3.63, 3.8) is 0 Å². The molecule has 2 heterocycles. The number of H-pyrrole nitrogens is 1. The summed E-state index contributed by atoms with van der Waals surface area (Å²) >= 11 is 0. The van der Waals surface area contributed by atoms with Crippen LogP contribution in [0.4, 0.5) is 0 Å². The average Bonchev–Trinajstić information content (AvgIpc) is 2.70. The number of β-amino-alcohol motifs (C(OH)–C–C–N with tert-alkyl or cyclic N) is 1. The zero-order valence-electron chi connectivity index (χ0n) is 15.3. The number of fused-ring (bicyclic) bond motifs is 1. The Morgan fingerprint density at radius 2 is 1.74 bits per heavy atom. The quantitative estimate of drug-likeness (QED) is 0.721. The molecule has 1 aliphatic heterocycles. The molecule has 0 radical (unpaired) electrons. The number of aromatic amines is 1. The van der Waals surface area contributed by atoms with E-state index in [1.165, 1.54) is 0 Å². The predicted molar refractivity (Wildman–Crippen MR) is 107 cm³/mol. The van der Waals surface area contributed by atoms with Gasteiger partial charge in [-0.05, 0) is 17.7 Å². The van der Waals surface area contributed by atoms with E-state index in [1.807, 2.05) is 48.5 Å². The van der Waals surface area contributed by atoms with Crippen molar-refractivity contribution in [3.05, 3.63) is 64.4 Å². The largest absolute Gasteiger partial charge is 0.395 e. The normalized spacial score (nSPS) is 16.0. The first-order chi connectivity index (χ1) is 13.2. The Morgan fingerprint density at radius 3 is 2.48 bits per heavy atom. The molecule has 2 aromatic carbocycles. The van der Waals surface area contributed by atoms with E-state index in [0.717, 1.165) is 55.9 Å². The number of aliphatic hydroxyl groups excluding tert-OH is 1. The maximum Gasteiger partial charge on any atom is 0.259 e. The Bertz CT molecular complexity index is 963. The number of nitrogens with one attached hydrogen (secondary N) is 1. The molecule has 0 bridgehead atoms. The summed E-state index contributed by atoms with van der Waals surface area (Å²) in [6, 6.07) is 15.6. The summed E-state index contributed by atoms with van der Waals surface area (Å²) in [7, 11) is 0. The highest BCUT2D eigenvalue weighted by Gasteiger charge is 2.16. The summed E-state index contributed by atoms with van der Waals surface area (Å²) in [5.74, 6) is 0.600. The standard InChI is InChI=1S/C21H24N4O2/c26-13-12-24-8-10-25(11-9-24)15-16-6-7-18-19(14-16)22-20(23-21(18)27)17-4-2-1-3-5-17/h1-7,14,26H,8-13,15H2,(H,22,23,27). The molecule has 0 saturated carbocycles. The lowest BCUT2D eigenvalue weighted by Crippen LogP contribution is -2.46. The molecule has 140 valence electrons. The van der Waals surface area contributed by atoms with Crippen molar-refractivity contribution >= 4 is 10.9 Å². The van der Waals surface area contributed by atoms with Crippen LogP contribution in [0.3, 0.4) is 0 Å². The van der Waals surface area contributed by atoms with Gasteiger partial charge in [0.2, 0.25) is 0 Å².